The van der Waals surface area contributed by atoms with Gasteiger partial charge in [-0.1, -0.05) is 0 Å². The van der Waals surface area contributed by atoms with Gasteiger partial charge in [0.2, 0.25) is 5.91 Å². The normalized spacial score (nSPS) is 21.7. The highest BCUT2D eigenvalue weighted by molar-refractivity contribution is 5.75. The Labute approximate surface area is 122 Å². The van der Waals surface area contributed by atoms with E-state index in [-0.39, 0.29) is 18.4 Å². The van der Waals surface area contributed by atoms with Crippen molar-refractivity contribution < 1.29 is 14.7 Å². The van der Waals surface area contributed by atoms with E-state index in [9.17, 15) is 14.4 Å². The molecule has 1 amide bonds. The van der Waals surface area contributed by atoms with Gasteiger partial charge in [0.05, 0.1) is 5.92 Å². The Morgan fingerprint density at radius 1 is 1.33 bits per heavy atom. The third kappa shape index (κ3) is 4.40. The first-order chi connectivity index (χ1) is 10.1. The fraction of sp³-hybridized carbons (Fsp3) is 0.571. The summed E-state index contributed by atoms with van der Waals surface area (Å²) in [7, 11) is 0. The van der Waals surface area contributed by atoms with E-state index in [1.807, 2.05) is 0 Å². The third-order valence-corrected chi connectivity index (χ3v) is 3.88. The topological polar surface area (TPSA) is 101 Å². The Kier molecular flexibility index (Phi) is 5.08. The molecule has 0 atom stereocenters. The van der Waals surface area contributed by atoms with E-state index in [4.69, 9.17) is 5.11 Å². The molecule has 0 unspecified atom stereocenters. The number of amides is 1. The SMILES string of the molecule is O=C(Cn1cccnc1=O)NCC1CCC(C(=O)O)CC1. The third-order valence-electron chi connectivity index (χ3n) is 3.88. The molecule has 2 N–H and O–H groups in total. The zero-order valence-corrected chi connectivity index (χ0v) is 11.7. The second kappa shape index (κ2) is 7.01. The van der Waals surface area contributed by atoms with Crippen LogP contribution in [0.3, 0.4) is 0 Å². The summed E-state index contributed by atoms with van der Waals surface area (Å²) in [6.45, 7) is 0.483. The van der Waals surface area contributed by atoms with Gasteiger partial charge in [0.15, 0.2) is 0 Å². The van der Waals surface area contributed by atoms with Crippen LogP contribution in [0.5, 0.6) is 0 Å². The van der Waals surface area contributed by atoms with Crippen molar-refractivity contribution in [3.8, 4) is 0 Å². The number of carboxylic acid groups (broad SMARTS) is 1. The van der Waals surface area contributed by atoms with Gasteiger partial charge >= 0.3 is 11.7 Å². The summed E-state index contributed by atoms with van der Waals surface area (Å²) in [5.41, 5.74) is -0.449. The highest BCUT2D eigenvalue weighted by atomic mass is 16.4. The van der Waals surface area contributed by atoms with Gasteiger partial charge in [0.1, 0.15) is 6.54 Å². The molecule has 0 radical (unpaired) electrons. The van der Waals surface area contributed by atoms with Gasteiger partial charge in [0.25, 0.3) is 0 Å². The summed E-state index contributed by atoms with van der Waals surface area (Å²) in [5, 5.41) is 11.7. The van der Waals surface area contributed by atoms with Gasteiger partial charge in [-0.05, 0) is 37.7 Å². The largest absolute Gasteiger partial charge is 0.481 e. The van der Waals surface area contributed by atoms with Crippen molar-refractivity contribution in [3.63, 3.8) is 0 Å². The maximum absolute atomic E-state index is 11.8. The highest BCUT2D eigenvalue weighted by Crippen LogP contribution is 2.28. The molecule has 1 aromatic rings. The molecule has 1 saturated carbocycles. The molecule has 0 saturated heterocycles. The van der Waals surface area contributed by atoms with Crippen LogP contribution in [0.25, 0.3) is 0 Å². The Morgan fingerprint density at radius 2 is 2.05 bits per heavy atom. The second-order valence-electron chi connectivity index (χ2n) is 5.39. The first-order valence-corrected chi connectivity index (χ1v) is 7.07. The van der Waals surface area contributed by atoms with Crippen LogP contribution < -0.4 is 11.0 Å². The number of aliphatic carboxylic acids is 1. The smallest absolute Gasteiger partial charge is 0.347 e. The summed E-state index contributed by atoms with van der Waals surface area (Å²) in [4.78, 5) is 37.6. The second-order valence-corrected chi connectivity index (χ2v) is 5.39. The lowest BCUT2D eigenvalue weighted by Gasteiger charge is -2.26. The van der Waals surface area contributed by atoms with Crippen molar-refractivity contribution in [2.24, 2.45) is 11.8 Å². The minimum Gasteiger partial charge on any atom is -0.481 e. The molecule has 7 heteroatoms. The van der Waals surface area contributed by atoms with Gasteiger partial charge < -0.3 is 10.4 Å². The van der Waals surface area contributed by atoms with Crippen LogP contribution in [-0.2, 0) is 16.1 Å². The number of hydrogen-bond donors (Lipinski definition) is 2. The van der Waals surface area contributed by atoms with E-state index < -0.39 is 11.7 Å². The molecule has 1 fully saturated rings. The highest BCUT2D eigenvalue weighted by Gasteiger charge is 2.25. The molecule has 21 heavy (non-hydrogen) atoms. The Morgan fingerprint density at radius 3 is 2.67 bits per heavy atom. The number of carbonyl (C=O) groups excluding carboxylic acids is 1. The molecule has 1 aromatic heterocycles. The van der Waals surface area contributed by atoms with E-state index in [2.05, 4.69) is 10.3 Å². The minimum absolute atomic E-state index is 0.0445. The van der Waals surface area contributed by atoms with Crippen LogP contribution >= 0.6 is 0 Å². The number of nitrogens with one attached hydrogen (secondary N) is 1. The standard InChI is InChI=1S/C14H19N3O4/c18-12(9-17-7-1-6-15-14(17)21)16-8-10-2-4-11(5-3-10)13(19)20/h1,6-7,10-11H,2-5,8-9H2,(H,16,18)(H,19,20). The molecule has 7 nitrogen and oxygen atoms in total. The molecule has 0 aromatic carbocycles. The van der Waals surface area contributed by atoms with Crippen LogP contribution in [0.2, 0.25) is 0 Å². The zero-order valence-electron chi connectivity index (χ0n) is 11.7. The predicted molar refractivity (Wildman–Crippen MR) is 74.6 cm³/mol. The number of carbonyl (C=O) groups is 2. The van der Waals surface area contributed by atoms with Crippen LogP contribution in [-0.4, -0.2) is 33.1 Å². The predicted octanol–water partition coefficient (Wildman–Crippen LogP) is 0.250. The Balaban J connectivity index is 1.74. The number of nitrogens with zero attached hydrogens (tertiary/aromatic N) is 2. The summed E-state index contributed by atoms with van der Waals surface area (Å²) >= 11 is 0. The number of hydrogen-bond acceptors (Lipinski definition) is 4. The number of carboxylic acids is 1. The van der Waals surface area contributed by atoms with Crippen LogP contribution in [0, 0.1) is 11.8 Å². The fourth-order valence-electron chi connectivity index (χ4n) is 2.59. The maximum atomic E-state index is 11.8. The maximum Gasteiger partial charge on any atom is 0.347 e. The van der Waals surface area contributed by atoms with Crippen molar-refractivity contribution in [1.29, 1.82) is 0 Å². The van der Waals surface area contributed by atoms with Crippen molar-refractivity contribution in [2.75, 3.05) is 6.54 Å². The Bertz CT molecular complexity index is 561. The summed E-state index contributed by atoms with van der Waals surface area (Å²) in [5.74, 6) is -0.889. The van der Waals surface area contributed by atoms with Crippen molar-refractivity contribution in [3.05, 3.63) is 28.9 Å². The van der Waals surface area contributed by atoms with Gasteiger partial charge in [-0.3, -0.25) is 14.2 Å². The molecule has 0 spiro atoms. The average molecular weight is 293 g/mol. The van der Waals surface area contributed by atoms with E-state index in [1.54, 1.807) is 6.07 Å². The summed E-state index contributed by atoms with van der Waals surface area (Å²) in [6.07, 6.45) is 5.86. The molecule has 1 aliphatic rings. The van der Waals surface area contributed by atoms with Gasteiger partial charge in [-0.2, -0.15) is 0 Å². The molecule has 0 bridgehead atoms. The molecule has 114 valence electrons. The molecule has 0 aliphatic heterocycles. The molecular formula is C14H19N3O4. The van der Waals surface area contributed by atoms with Crippen molar-refractivity contribution in [1.82, 2.24) is 14.9 Å². The lowest BCUT2D eigenvalue weighted by Crippen LogP contribution is -2.36. The monoisotopic (exact) mass is 293 g/mol. The average Bonchev–Trinajstić information content (AvgIpc) is 2.48. The quantitative estimate of drug-likeness (QED) is 0.810. The van der Waals surface area contributed by atoms with Crippen LogP contribution in [0.15, 0.2) is 23.3 Å². The van der Waals surface area contributed by atoms with Crippen LogP contribution in [0.1, 0.15) is 25.7 Å². The molecule has 1 aliphatic carbocycles. The van der Waals surface area contributed by atoms with E-state index in [0.717, 1.165) is 12.8 Å². The summed E-state index contributed by atoms with van der Waals surface area (Å²) < 4.78 is 1.25. The van der Waals surface area contributed by atoms with Gasteiger partial charge in [-0.15, -0.1) is 0 Å². The van der Waals surface area contributed by atoms with Gasteiger partial charge in [0, 0.05) is 18.9 Å². The lowest BCUT2D eigenvalue weighted by atomic mass is 9.82. The van der Waals surface area contributed by atoms with Crippen molar-refractivity contribution >= 4 is 11.9 Å². The fourth-order valence-corrected chi connectivity index (χ4v) is 2.59. The first-order valence-electron chi connectivity index (χ1n) is 7.07. The van der Waals surface area contributed by atoms with E-state index in [0.29, 0.717) is 25.3 Å². The zero-order chi connectivity index (χ0) is 15.2. The molecule has 1 heterocycles. The van der Waals surface area contributed by atoms with Crippen LogP contribution in [0.4, 0.5) is 0 Å². The van der Waals surface area contributed by atoms with Crippen molar-refractivity contribution in [2.45, 2.75) is 32.2 Å². The number of rotatable bonds is 5. The summed E-state index contributed by atoms with van der Waals surface area (Å²) in [6, 6.07) is 1.60. The number of aromatic nitrogens is 2. The minimum atomic E-state index is -0.728. The molecular weight excluding hydrogens is 274 g/mol. The lowest BCUT2D eigenvalue weighted by molar-refractivity contribution is -0.143. The van der Waals surface area contributed by atoms with E-state index >= 15 is 0 Å². The Hall–Kier alpha value is -2.18. The van der Waals surface area contributed by atoms with Gasteiger partial charge in [-0.25, -0.2) is 9.78 Å². The first kappa shape index (κ1) is 15.2. The van der Waals surface area contributed by atoms with E-state index in [1.165, 1.54) is 17.0 Å². The molecule has 2 rings (SSSR count).